The first-order chi connectivity index (χ1) is 13.9. The smallest absolute Gasteiger partial charge is 0.253 e. The number of carbonyl (C=O) groups is 1. The van der Waals surface area contributed by atoms with Gasteiger partial charge in [-0.25, -0.2) is 4.98 Å². The van der Waals surface area contributed by atoms with E-state index < -0.39 is 0 Å². The van der Waals surface area contributed by atoms with Crippen molar-refractivity contribution in [3.8, 4) is 11.5 Å². The molecule has 1 N–H and O–H groups in total. The first kappa shape index (κ1) is 18.3. The van der Waals surface area contributed by atoms with Gasteiger partial charge in [-0.1, -0.05) is 0 Å². The fraction of sp³-hybridized carbons (Fsp3) is 0.478. The minimum atomic E-state index is -0.132. The van der Waals surface area contributed by atoms with E-state index in [1.807, 2.05) is 25.1 Å². The fourth-order valence-corrected chi connectivity index (χ4v) is 4.59. The Morgan fingerprint density at radius 1 is 1.24 bits per heavy atom. The minimum absolute atomic E-state index is 0.0163. The summed E-state index contributed by atoms with van der Waals surface area (Å²) in [6.07, 6.45) is 3.03. The van der Waals surface area contributed by atoms with Gasteiger partial charge in [0.2, 0.25) is 0 Å². The second kappa shape index (κ2) is 6.65. The zero-order chi connectivity index (χ0) is 20.2. The molecule has 1 aromatic heterocycles. The molecule has 6 heteroatoms. The first-order valence-corrected chi connectivity index (χ1v) is 10.4. The van der Waals surface area contributed by atoms with E-state index in [2.05, 4.69) is 30.1 Å². The van der Waals surface area contributed by atoms with Gasteiger partial charge in [-0.2, -0.15) is 0 Å². The monoisotopic (exact) mass is 393 g/mol. The molecule has 5 rings (SSSR count). The molecule has 0 aliphatic carbocycles. The van der Waals surface area contributed by atoms with Crippen LogP contribution in [0, 0.1) is 6.92 Å². The largest absolute Gasteiger partial charge is 0.490 e. The number of pyridine rings is 1. The number of nitrogens with zero attached hydrogens (tertiary/aromatic N) is 2. The standard InChI is InChI=1S/C23H27N3O3/c1-14-10-18-19(13-24-22(18)27)25-21(14)26-8-6-16(7-9-26)28-17-4-5-20-15(11-17)12-23(2,3)29-20/h4-5,10-11,16H,6-9,12-13H2,1-3H3,(H,24,27). The molecule has 0 unspecified atom stereocenters. The van der Waals surface area contributed by atoms with Crippen molar-refractivity contribution in [2.75, 3.05) is 18.0 Å². The molecule has 0 bridgehead atoms. The third-order valence-corrected chi connectivity index (χ3v) is 6.00. The number of aryl methyl sites for hydroxylation is 1. The van der Waals surface area contributed by atoms with E-state index in [1.54, 1.807) is 0 Å². The maximum Gasteiger partial charge on any atom is 0.253 e. The van der Waals surface area contributed by atoms with Gasteiger partial charge in [0.1, 0.15) is 29.0 Å². The number of piperidine rings is 1. The van der Waals surface area contributed by atoms with Crippen LogP contribution in [0.3, 0.4) is 0 Å². The maximum atomic E-state index is 11.8. The predicted octanol–water partition coefficient (Wildman–Crippen LogP) is 3.39. The number of anilines is 1. The van der Waals surface area contributed by atoms with Crippen LogP contribution in [-0.2, 0) is 13.0 Å². The lowest BCUT2D eigenvalue weighted by Crippen LogP contribution is -2.39. The van der Waals surface area contributed by atoms with Crippen LogP contribution in [0.25, 0.3) is 0 Å². The average molecular weight is 393 g/mol. The van der Waals surface area contributed by atoms with Crippen molar-refractivity contribution in [1.82, 2.24) is 10.3 Å². The van der Waals surface area contributed by atoms with Crippen molar-refractivity contribution in [2.24, 2.45) is 0 Å². The van der Waals surface area contributed by atoms with E-state index in [0.717, 1.165) is 60.9 Å². The van der Waals surface area contributed by atoms with Gasteiger partial charge in [0.25, 0.3) is 5.91 Å². The Balaban J connectivity index is 1.24. The van der Waals surface area contributed by atoms with E-state index in [9.17, 15) is 4.79 Å². The lowest BCUT2D eigenvalue weighted by atomic mass is 10.0. The molecular formula is C23H27N3O3. The number of carbonyl (C=O) groups excluding carboxylic acids is 1. The van der Waals surface area contributed by atoms with Crippen LogP contribution < -0.4 is 19.7 Å². The van der Waals surface area contributed by atoms with Gasteiger partial charge in [-0.3, -0.25) is 4.79 Å². The Bertz CT molecular complexity index is 978. The summed E-state index contributed by atoms with van der Waals surface area (Å²) in [4.78, 5) is 18.9. The lowest BCUT2D eigenvalue weighted by Gasteiger charge is -2.34. The molecular weight excluding hydrogens is 366 g/mol. The summed E-state index contributed by atoms with van der Waals surface area (Å²) in [5.41, 5.74) is 3.73. The number of ether oxygens (including phenoxy) is 2. The quantitative estimate of drug-likeness (QED) is 0.866. The molecule has 4 heterocycles. The topological polar surface area (TPSA) is 63.7 Å². The molecule has 6 nitrogen and oxygen atoms in total. The second-order valence-electron chi connectivity index (χ2n) is 8.92. The number of nitrogens with one attached hydrogen (secondary N) is 1. The Morgan fingerprint density at radius 3 is 2.83 bits per heavy atom. The Morgan fingerprint density at radius 2 is 2.03 bits per heavy atom. The van der Waals surface area contributed by atoms with Crippen LogP contribution in [0.15, 0.2) is 24.3 Å². The van der Waals surface area contributed by atoms with Crippen molar-refractivity contribution in [3.63, 3.8) is 0 Å². The van der Waals surface area contributed by atoms with Crippen molar-refractivity contribution < 1.29 is 14.3 Å². The highest BCUT2D eigenvalue weighted by atomic mass is 16.5. The number of aromatic nitrogens is 1. The molecule has 2 aromatic rings. The molecule has 0 atom stereocenters. The SMILES string of the molecule is Cc1cc2c(nc1N1CCC(Oc3ccc4c(c3)CC(C)(C)O4)CC1)CNC2=O. The number of amides is 1. The highest BCUT2D eigenvalue weighted by molar-refractivity contribution is 5.98. The molecule has 29 heavy (non-hydrogen) atoms. The van der Waals surface area contributed by atoms with Gasteiger partial charge in [0.15, 0.2) is 0 Å². The second-order valence-corrected chi connectivity index (χ2v) is 8.92. The molecule has 3 aliphatic heterocycles. The number of hydrogen-bond donors (Lipinski definition) is 1. The van der Waals surface area contributed by atoms with E-state index in [-0.39, 0.29) is 17.6 Å². The Labute approximate surface area is 171 Å². The minimum Gasteiger partial charge on any atom is -0.490 e. The highest BCUT2D eigenvalue weighted by Crippen LogP contribution is 2.37. The van der Waals surface area contributed by atoms with Crippen LogP contribution in [0.5, 0.6) is 11.5 Å². The lowest BCUT2D eigenvalue weighted by molar-refractivity contribution is 0.0965. The summed E-state index contributed by atoms with van der Waals surface area (Å²) in [7, 11) is 0. The van der Waals surface area contributed by atoms with Crippen LogP contribution in [0.1, 0.15) is 53.9 Å². The van der Waals surface area contributed by atoms with Crippen LogP contribution in [0.2, 0.25) is 0 Å². The molecule has 0 saturated carbocycles. The Kier molecular flexibility index (Phi) is 4.19. The summed E-state index contributed by atoms with van der Waals surface area (Å²) in [6, 6.07) is 8.15. The summed E-state index contributed by atoms with van der Waals surface area (Å²) in [5.74, 6) is 2.89. The zero-order valence-electron chi connectivity index (χ0n) is 17.2. The molecule has 1 fully saturated rings. The van der Waals surface area contributed by atoms with Crippen LogP contribution >= 0.6 is 0 Å². The van der Waals surface area contributed by atoms with Crippen molar-refractivity contribution in [2.45, 2.75) is 58.3 Å². The van der Waals surface area contributed by atoms with Crippen LogP contribution in [-0.4, -0.2) is 35.7 Å². The molecule has 0 radical (unpaired) electrons. The van der Waals surface area contributed by atoms with Gasteiger partial charge >= 0.3 is 0 Å². The normalized spacial score (nSPS) is 20.1. The molecule has 0 spiro atoms. The number of fused-ring (bicyclic) bond motifs is 2. The molecule has 1 aromatic carbocycles. The van der Waals surface area contributed by atoms with E-state index in [1.165, 1.54) is 5.56 Å². The first-order valence-electron chi connectivity index (χ1n) is 10.4. The number of hydrogen-bond acceptors (Lipinski definition) is 5. The molecule has 1 amide bonds. The summed E-state index contributed by atoms with van der Waals surface area (Å²) in [5, 5.41) is 2.85. The highest BCUT2D eigenvalue weighted by Gasteiger charge is 2.31. The average Bonchev–Trinajstić information content (AvgIpc) is 3.19. The van der Waals surface area contributed by atoms with Gasteiger partial charge in [-0.05, 0) is 50.6 Å². The molecule has 152 valence electrons. The van der Waals surface area contributed by atoms with Gasteiger partial charge in [-0.15, -0.1) is 0 Å². The van der Waals surface area contributed by atoms with E-state index >= 15 is 0 Å². The van der Waals surface area contributed by atoms with E-state index in [4.69, 9.17) is 14.5 Å². The Hall–Kier alpha value is -2.76. The van der Waals surface area contributed by atoms with Gasteiger partial charge in [0.05, 0.1) is 17.8 Å². The van der Waals surface area contributed by atoms with Crippen molar-refractivity contribution in [1.29, 1.82) is 0 Å². The zero-order valence-corrected chi connectivity index (χ0v) is 17.2. The maximum absolute atomic E-state index is 11.8. The third-order valence-electron chi connectivity index (χ3n) is 6.00. The molecule has 1 saturated heterocycles. The number of rotatable bonds is 3. The summed E-state index contributed by atoms with van der Waals surface area (Å²) >= 11 is 0. The van der Waals surface area contributed by atoms with E-state index in [0.29, 0.717) is 12.1 Å². The fourth-order valence-electron chi connectivity index (χ4n) is 4.59. The van der Waals surface area contributed by atoms with Crippen molar-refractivity contribution >= 4 is 11.7 Å². The summed E-state index contributed by atoms with van der Waals surface area (Å²) in [6.45, 7) is 8.60. The third kappa shape index (κ3) is 3.41. The van der Waals surface area contributed by atoms with Gasteiger partial charge in [0, 0.05) is 37.9 Å². The summed E-state index contributed by atoms with van der Waals surface area (Å²) < 4.78 is 12.3. The van der Waals surface area contributed by atoms with Crippen LogP contribution in [0.4, 0.5) is 5.82 Å². The van der Waals surface area contributed by atoms with Gasteiger partial charge < -0.3 is 19.7 Å². The van der Waals surface area contributed by atoms with Crippen molar-refractivity contribution in [3.05, 3.63) is 46.6 Å². The molecule has 3 aliphatic rings. The predicted molar refractivity (Wildman–Crippen MR) is 111 cm³/mol. The number of benzene rings is 1.